The van der Waals surface area contributed by atoms with Crippen molar-refractivity contribution in [2.24, 2.45) is 0 Å². The molecule has 1 aromatic heterocycles. The second kappa shape index (κ2) is 6.37. The van der Waals surface area contributed by atoms with Crippen molar-refractivity contribution in [1.29, 1.82) is 5.26 Å². The molecule has 0 bridgehead atoms. The number of nitrogens with zero attached hydrogens (tertiary/aromatic N) is 1. The summed E-state index contributed by atoms with van der Waals surface area (Å²) in [6, 6.07) is 11.9. The SMILES string of the molecule is N#CCc1ccc(S(=O)(=O)NCCc2ccco2)cc1. The lowest BCUT2D eigenvalue weighted by Gasteiger charge is -2.06. The van der Waals surface area contributed by atoms with E-state index in [0.717, 1.165) is 11.3 Å². The van der Waals surface area contributed by atoms with Crippen LogP contribution in [0.1, 0.15) is 11.3 Å². The second-order valence-electron chi connectivity index (χ2n) is 4.21. The third-order valence-electron chi connectivity index (χ3n) is 2.76. The van der Waals surface area contributed by atoms with Crippen molar-refractivity contribution in [3.05, 3.63) is 54.0 Å². The lowest BCUT2D eigenvalue weighted by atomic mass is 10.2. The Labute approximate surface area is 117 Å². The van der Waals surface area contributed by atoms with Crippen LogP contribution in [0.25, 0.3) is 0 Å². The highest BCUT2D eigenvalue weighted by Crippen LogP contribution is 2.11. The first-order valence-corrected chi connectivity index (χ1v) is 7.58. The van der Waals surface area contributed by atoms with Crippen molar-refractivity contribution in [3.63, 3.8) is 0 Å². The molecule has 0 atom stereocenters. The summed E-state index contributed by atoms with van der Waals surface area (Å²) < 4.78 is 31.7. The minimum atomic E-state index is -3.52. The van der Waals surface area contributed by atoms with Crippen LogP contribution in [-0.2, 0) is 22.9 Å². The Morgan fingerprint density at radius 1 is 1.20 bits per heavy atom. The molecule has 2 rings (SSSR count). The van der Waals surface area contributed by atoms with Crippen LogP contribution >= 0.6 is 0 Å². The molecular formula is C14H14N2O3S. The van der Waals surface area contributed by atoms with E-state index in [1.54, 1.807) is 30.5 Å². The molecule has 5 nitrogen and oxygen atoms in total. The Kier molecular flexibility index (Phi) is 4.56. The molecule has 2 aromatic rings. The van der Waals surface area contributed by atoms with Crippen LogP contribution in [0.3, 0.4) is 0 Å². The summed E-state index contributed by atoms with van der Waals surface area (Å²) in [5.74, 6) is 0.733. The number of nitriles is 1. The van der Waals surface area contributed by atoms with Gasteiger partial charge in [-0.3, -0.25) is 0 Å². The molecule has 1 heterocycles. The van der Waals surface area contributed by atoms with Gasteiger partial charge in [-0.1, -0.05) is 12.1 Å². The van der Waals surface area contributed by atoms with Gasteiger partial charge in [0.05, 0.1) is 23.6 Å². The number of hydrogen-bond acceptors (Lipinski definition) is 4. The van der Waals surface area contributed by atoms with Crippen molar-refractivity contribution in [1.82, 2.24) is 4.72 Å². The van der Waals surface area contributed by atoms with Crippen LogP contribution < -0.4 is 4.72 Å². The first kappa shape index (κ1) is 14.3. The van der Waals surface area contributed by atoms with Gasteiger partial charge in [0.1, 0.15) is 5.76 Å². The summed E-state index contributed by atoms with van der Waals surface area (Å²) in [4.78, 5) is 0.193. The number of benzene rings is 1. The predicted octanol–water partition coefficient (Wildman–Crippen LogP) is 1.87. The quantitative estimate of drug-likeness (QED) is 0.880. The highest BCUT2D eigenvalue weighted by atomic mass is 32.2. The summed E-state index contributed by atoms with van der Waals surface area (Å²) in [6.07, 6.45) is 2.32. The highest BCUT2D eigenvalue weighted by Gasteiger charge is 2.13. The molecule has 0 saturated carbocycles. The summed E-state index contributed by atoms with van der Waals surface area (Å²) in [7, 11) is -3.52. The van der Waals surface area contributed by atoms with Crippen molar-refractivity contribution in [3.8, 4) is 6.07 Å². The monoisotopic (exact) mass is 290 g/mol. The van der Waals surface area contributed by atoms with E-state index in [1.165, 1.54) is 12.1 Å². The molecule has 1 N–H and O–H groups in total. The van der Waals surface area contributed by atoms with Crippen LogP contribution in [0.15, 0.2) is 52.0 Å². The fourth-order valence-electron chi connectivity index (χ4n) is 1.72. The van der Waals surface area contributed by atoms with E-state index in [4.69, 9.17) is 9.68 Å². The topological polar surface area (TPSA) is 83.1 Å². The van der Waals surface area contributed by atoms with E-state index in [2.05, 4.69) is 4.72 Å². The molecule has 0 saturated heterocycles. The molecule has 104 valence electrons. The number of furan rings is 1. The summed E-state index contributed by atoms with van der Waals surface area (Å²) in [5.41, 5.74) is 0.794. The number of hydrogen-bond donors (Lipinski definition) is 1. The minimum absolute atomic E-state index is 0.193. The highest BCUT2D eigenvalue weighted by molar-refractivity contribution is 7.89. The Bertz CT molecular complexity index is 683. The van der Waals surface area contributed by atoms with Crippen LogP contribution in [0.5, 0.6) is 0 Å². The van der Waals surface area contributed by atoms with E-state index in [9.17, 15) is 8.42 Å². The van der Waals surface area contributed by atoms with Crippen molar-refractivity contribution < 1.29 is 12.8 Å². The van der Waals surface area contributed by atoms with E-state index in [-0.39, 0.29) is 17.9 Å². The van der Waals surface area contributed by atoms with Gasteiger partial charge in [0.2, 0.25) is 10.0 Å². The molecule has 0 fully saturated rings. The minimum Gasteiger partial charge on any atom is -0.469 e. The van der Waals surface area contributed by atoms with Gasteiger partial charge in [-0.25, -0.2) is 13.1 Å². The average molecular weight is 290 g/mol. The summed E-state index contributed by atoms with van der Waals surface area (Å²) in [6.45, 7) is 0.274. The molecule has 6 heteroatoms. The fourth-order valence-corrected chi connectivity index (χ4v) is 2.76. The van der Waals surface area contributed by atoms with Gasteiger partial charge in [0.25, 0.3) is 0 Å². The third kappa shape index (κ3) is 3.70. The van der Waals surface area contributed by atoms with Crippen LogP contribution in [-0.4, -0.2) is 15.0 Å². The largest absolute Gasteiger partial charge is 0.469 e. The summed E-state index contributed by atoms with van der Waals surface area (Å²) in [5, 5.41) is 8.57. The van der Waals surface area contributed by atoms with Crippen molar-refractivity contribution in [2.75, 3.05) is 6.54 Å². The fraction of sp³-hybridized carbons (Fsp3) is 0.214. The molecule has 0 spiro atoms. The smallest absolute Gasteiger partial charge is 0.240 e. The van der Waals surface area contributed by atoms with E-state index in [0.29, 0.717) is 6.42 Å². The Morgan fingerprint density at radius 3 is 2.55 bits per heavy atom. The Morgan fingerprint density at radius 2 is 1.95 bits per heavy atom. The maximum Gasteiger partial charge on any atom is 0.240 e. The van der Waals surface area contributed by atoms with Gasteiger partial charge in [-0.2, -0.15) is 5.26 Å². The molecule has 0 radical (unpaired) electrons. The van der Waals surface area contributed by atoms with Gasteiger partial charge >= 0.3 is 0 Å². The number of sulfonamides is 1. The molecule has 0 amide bonds. The van der Waals surface area contributed by atoms with Crippen LogP contribution in [0.4, 0.5) is 0 Å². The zero-order valence-electron chi connectivity index (χ0n) is 10.7. The zero-order chi connectivity index (χ0) is 14.4. The lowest BCUT2D eigenvalue weighted by Crippen LogP contribution is -2.25. The van der Waals surface area contributed by atoms with Gasteiger partial charge in [-0.15, -0.1) is 0 Å². The van der Waals surface area contributed by atoms with Crippen LogP contribution in [0.2, 0.25) is 0 Å². The number of rotatable bonds is 6. The van der Waals surface area contributed by atoms with Gasteiger partial charge < -0.3 is 4.42 Å². The second-order valence-corrected chi connectivity index (χ2v) is 5.97. The predicted molar refractivity (Wildman–Crippen MR) is 73.4 cm³/mol. The normalized spacial score (nSPS) is 11.2. The standard InChI is InChI=1S/C14H14N2O3S/c15-9-7-12-3-5-14(6-4-12)20(17,18)16-10-8-13-2-1-11-19-13/h1-6,11,16H,7-8,10H2. The van der Waals surface area contributed by atoms with E-state index >= 15 is 0 Å². The van der Waals surface area contributed by atoms with Crippen molar-refractivity contribution in [2.45, 2.75) is 17.7 Å². The van der Waals surface area contributed by atoms with Gasteiger partial charge in [0.15, 0.2) is 0 Å². The van der Waals surface area contributed by atoms with Crippen molar-refractivity contribution >= 4 is 10.0 Å². The lowest BCUT2D eigenvalue weighted by molar-refractivity contribution is 0.506. The maximum absolute atomic E-state index is 12.0. The molecule has 0 aliphatic carbocycles. The summed E-state index contributed by atoms with van der Waals surface area (Å²) >= 11 is 0. The molecule has 20 heavy (non-hydrogen) atoms. The van der Waals surface area contributed by atoms with E-state index in [1.807, 2.05) is 6.07 Å². The Balaban J connectivity index is 1.97. The molecule has 1 aromatic carbocycles. The molecule has 0 aliphatic rings. The molecular weight excluding hydrogens is 276 g/mol. The van der Waals surface area contributed by atoms with E-state index < -0.39 is 10.0 Å². The van der Waals surface area contributed by atoms with Gasteiger partial charge in [-0.05, 0) is 29.8 Å². The third-order valence-corrected chi connectivity index (χ3v) is 4.24. The first-order chi connectivity index (χ1) is 9.62. The first-order valence-electron chi connectivity index (χ1n) is 6.10. The van der Waals surface area contributed by atoms with Crippen LogP contribution in [0, 0.1) is 11.3 Å². The number of nitrogens with one attached hydrogen (secondary N) is 1. The Hall–Kier alpha value is -2.10. The van der Waals surface area contributed by atoms with Gasteiger partial charge in [0, 0.05) is 13.0 Å². The average Bonchev–Trinajstić information content (AvgIpc) is 2.93. The zero-order valence-corrected chi connectivity index (χ0v) is 11.6. The molecule has 0 aliphatic heterocycles. The molecule has 0 unspecified atom stereocenters. The maximum atomic E-state index is 12.0.